The molecule has 1 aliphatic carbocycles. The molecule has 0 saturated heterocycles. The third kappa shape index (κ3) is 1.89. The predicted molar refractivity (Wildman–Crippen MR) is 47.7 cm³/mol. The monoisotopic (exact) mass is 197 g/mol. The summed E-state index contributed by atoms with van der Waals surface area (Å²) in [5.41, 5.74) is -0.0816. The molecule has 1 fully saturated rings. The molecule has 2 rings (SSSR count). The van der Waals surface area contributed by atoms with E-state index in [1.54, 1.807) is 0 Å². The summed E-state index contributed by atoms with van der Waals surface area (Å²) in [6.07, 6.45) is 1.67. The maximum atomic E-state index is 13.0. The Kier molecular flexibility index (Phi) is 2.19. The Labute approximate surface area is 79.9 Å². The fourth-order valence-corrected chi connectivity index (χ4v) is 1.17. The highest BCUT2D eigenvalue weighted by molar-refractivity contribution is 5.94. The third-order valence-corrected chi connectivity index (χ3v) is 2.13. The second-order valence-corrected chi connectivity index (χ2v) is 3.39. The third-order valence-electron chi connectivity index (χ3n) is 2.13. The minimum Gasteiger partial charge on any atom is -0.323 e. The van der Waals surface area contributed by atoms with Gasteiger partial charge in [-0.15, -0.1) is 0 Å². The first kappa shape index (κ1) is 9.12. The molecule has 2 nitrogen and oxygen atoms in total. The van der Waals surface area contributed by atoms with Gasteiger partial charge in [0.05, 0.1) is 5.69 Å². The number of amides is 1. The summed E-state index contributed by atoms with van der Waals surface area (Å²) in [5.74, 6) is -1.41. The van der Waals surface area contributed by atoms with E-state index in [1.807, 2.05) is 0 Å². The SMILES string of the molecule is O=C(Nc1cc(F)ccc1F)C1CC1. The number of nitrogens with one attached hydrogen (secondary N) is 1. The lowest BCUT2D eigenvalue weighted by atomic mass is 10.3. The summed E-state index contributed by atoms with van der Waals surface area (Å²) < 4.78 is 25.7. The first-order valence-electron chi connectivity index (χ1n) is 4.43. The second-order valence-electron chi connectivity index (χ2n) is 3.39. The van der Waals surface area contributed by atoms with Gasteiger partial charge in [0.1, 0.15) is 11.6 Å². The maximum absolute atomic E-state index is 13.0. The van der Waals surface area contributed by atoms with Gasteiger partial charge in [0.25, 0.3) is 0 Å². The quantitative estimate of drug-likeness (QED) is 0.774. The Morgan fingerprint density at radius 2 is 2.07 bits per heavy atom. The molecular formula is C10H9F2NO. The zero-order valence-electron chi connectivity index (χ0n) is 7.39. The Hall–Kier alpha value is -1.45. The highest BCUT2D eigenvalue weighted by Gasteiger charge is 2.30. The molecule has 1 saturated carbocycles. The maximum Gasteiger partial charge on any atom is 0.227 e. The summed E-state index contributed by atoms with van der Waals surface area (Å²) in [5, 5.41) is 2.36. The van der Waals surface area contributed by atoms with Crippen LogP contribution in [-0.4, -0.2) is 5.91 Å². The van der Waals surface area contributed by atoms with Crippen molar-refractivity contribution in [2.75, 3.05) is 5.32 Å². The van der Waals surface area contributed by atoms with E-state index in [0.29, 0.717) is 0 Å². The summed E-state index contributed by atoms with van der Waals surface area (Å²) >= 11 is 0. The lowest BCUT2D eigenvalue weighted by Gasteiger charge is -2.04. The number of carbonyl (C=O) groups excluding carboxylic acids is 1. The minimum atomic E-state index is -0.611. The largest absolute Gasteiger partial charge is 0.323 e. The Morgan fingerprint density at radius 1 is 1.36 bits per heavy atom. The van der Waals surface area contributed by atoms with Crippen LogP contribution in [0.1, 0.15) is 12.8 Å². The number of rotatable bonds is 2. The molecule has 4 heteroatoms. The van der Waals surface area contributed by atoms with Crippen LogP contribution in [0.25, 0.3) is 0 Å². The van der Waals surface area contributed by atoms with Crippen molar-refractivity contribution in [3.63, 3.8) is 0 Å². The van der Waals surface area contributed by atoms with Gasteiger partial charge >= 0.3 is 0 Å². The molecule has 1 N–H and O–H groups in total. The van der Waals surface area contributed by atoms with E-state index in [4.69, 9.17) is 0 Å². The van der Waals surface area contributed by atoms with Gasteiger partial charge in [-0.05, 0) is 25.0 Å². The second kappa shape index (κ2) is 3.36. The molecule has 1 aliphatic rings. The van der Waals surface area contributed by atoms with Crippen LogP contribution in [0.15, 0.2) is 18.2 Å². The van der Waals surface area contributed by atoms with Crippen LogP contribution < -0.4 is 5.32 Å². The normalized spacial score (nSPS) is 15.3. The van der Waals surface area contributed by atoms with Crippen molar-refractivity contribution in [3.8, 4) is 0 Å². The highest BCUT2D eigenvalue weighted by atomic mass is 19.1. The Bertz CT molecular complexity index is 374. The van der Waals surface area contributed by atoms with Gasteiger partial charge in [0.15, 0.2) is 0 Å². The van der Waals surface area contributed by atoms with Crippen molar-refractivity contribution in [3.05, 3.63) is 29.8 Å². The summed E-state index contributed by atoms with van der Waals surface area (Å²) in [4.78, 5) is 11.2. The lowest BCUT2D eigenvalue weighted by Crippen LogP contribution is -2.14. The van der Waals surface area contributed by atoms with Gasteiger partial charge < -0.3 is 5.32 Å². The fourth-order valence-electron chi connectivity index (χ4n) is 1.17. The number of halogens is 2. The van der Waals surface area contributed by atoms with Gasteiger partial charge in [-0.1, -0.05) is 0 Å². The van der Waals surface area contributed by atoms with Gasteiger partial charge in [0, 0.05) is 12.0 Å². The minimum absolute atomic E-state index is 0.0160. The summed E-state index contributed by atoms with van der Waals surface area (Å²) in [7, 11) is 0. The zero-order chi connectivity index (χ0) is 10.1. The average Bonchev–Trinajstić information content (AvgIpc) is 2.94. The molecule has 1 aromatic rings. The lowest BCUT2D eigenvalue weighted by molar-refractivity contribution is -0.117. The number of hydrogen-bond donors (Lipinski definition) is 1. The smallest absolute Gasteiger partial charge is 0.227 e. The standard InChI is InChI=1S/C10H9F2NO/c11-7-3-4-8(12)9(5-7)13-10(14)6-1-2-6/h3-6H,1-2H2,(H,13,14). The molecule has 0 aromatic heterocycles. The van der Waals surface area contributed by atoms with Crippen LogP contribution in [0, 0.1) is 17.6 Å². The van der Waals surface area contributed by atoms with Crippen molar-refractivity contribution < 1.29 is 13.6 Å². The molecule has 0 aliphatic heterocycles. The molecule has 0 heterocycles. The van der Waals surface area contributed by atoms with Gasteiger partial charge in [-0.3, -0.25) is 4.79 Å². The number of anilines is 1. The molecule has 0 radical (unpaired) electrons. The molecule has 1 aromatic carbocycles. The summed E-state index contributed by atoms with van der Waals surface area (Å²) in [6.45, 7) is 0. The molecule has 0 bridgehead atoms. The first-order valence-corrected chi connectivity index (χ1v) is 4.43. The Morgan fingerprint density at radius 3 is 2.71 bits per heavy atom. The van der Waals surface area contributed by atoms with E-state index in [-0.39, 0.29) is 17.5 Å². The van der Waals surface area contributed by atoms with Crippen LogP contribution >= 0.6 is 0 Å². The van der Waals surface area contributed by atoms with E-state index in [1.165, 1.54) is 0 Å². The van der Waals surface area contributed by atoms with E-state index in [9.17, 15) is 13.6 Å². The molecule has 74 valence electrons. The predicted octanol–water partition coefficient (Wildman–Crippen LogP) is 2.31. The molecular weight excluding hydrogens is 188 g/mol. The van der Waals surface area contributed by atoms with Crippen LogP contribution in [0.3, 0.4) is 0 Å². The van der Waals surface area contributed by atoms with Crippen molar-refractivity contribution in [1.82, 2.24) is 0 Å². The topological polar surface area (TPSA) is 29.1 Å². The zero-order valence-corrected chi connectivity index (χ0v) is 7.39. The van der Waals surface area contributed by atoms with E-state index in [0.717, 1.165) is 31.0 Å². The summed E-state index contributed by atoms with van der Waals surface area (Å²) in [6, 6.07) is 3.00. The molecule has 0 unspecified atom stereocenters. The van der Waals surface area contributed by atoms with E-state index >= 15 is 0 Å². The number of carbonyl (C=O) groups is 1. The molecule has 0 spiro atoms. The van der Waals surface area contributed by atoms with Crippen molar-refractivity contribution in [1.29, 1.82) is 0 Å². The molecule has 0 atom stereocenters. The van der Waals surface area contributed by atoms with E-state index < -0.39 is 11.6 Å². The average molecular weight is 197 g/mol. The fraction of sp³-hybridized carbons (Fsp3) is 0.300. The van der Waals surface area contributed by atoms with Crippen LogP contribution in [0.4, 0.5) is 14.5 Å². The van der Waals surface area contributed by atoms with Gasteiger partial charge in [-0.25, -0.2) is 8.78 Å². The first-order chi connectivity index (χ1) is 6.66. The van der Waals surface area contributed by atoms with Gasteiger partial charge in [-0.2, -0.15) is 0 Å². The van der Waals surface area contributed by atoms with Gasteiger partial charge in [0.2, 0.25) is 5.91 Å². The molecule has 1 amide bonds. The number of hydrogen-bond acceptors (Lipinski definition) is 1. The number of benzene rings is 1. The van der Waals surface area contributed by atoms with Crippen LogP contribution in [0.2, 0.25) is 0 Å². The van der Waals surface area contributed by atoms with Crippen molar-refractivity contribution in [2.24, 2.45) is 5.92 Å². The molecule has 14 heavy (non-hydrogen) atoms. The highest BCUT2D eigenvalue weighted by Crippen LogP contribution is 2.30. The van der Waals surface area contributed by atoms with Crippen molar-refractivity contribution >= 4 is 11.6 Å². The van der Waals surface area contributed by atoms with E-state index in [2.05, 4.69) is 5.32 Å². The van der Waals surface area contributed by atoms with Crippen LogP contribution in [-0.2, 0) is 4.79 Å². The van der Waals surface area contributed by atoms with Crippen LogP contribution in [0.5, 0.6) is 0 Å². The Balaban J connectivity index is 2.14. The van der Waals surface area contributed by atoms with Crippen molar-refractivity contribution in [2.45, 2.75) is 12.8 Å².